The van der Waals surface area contributed by atoms with Crippen molar-refractivity contribution in [2.45, 2.75) is 76.8 Å². The van der Waals surface area contributed by atoms with Crippen LogP contribution in [-0.4, -0.2) is 55.4 Å². The number of sulfone groups is 1. The number of nitrogens with one attached hydrogen (secondary N) is 2. The van der Waals surface area contributed by atoms with Crippen LogP contribution in [0.25, 0.3) is 0 Å². The number of rotatable bonds is 11. The number of benzene rings is 2. The summed E-state index contributed by atoms with van der Waals surface area (Å²) in [6, 6.07) is 16.0. The van der Waals surface area contributed by atoms with Gasteiger partial charge in [0.15, 0.2) is 9.84 Å². The fourth-order valence-corrected chi connectivity index (χ4v) is 4.67. The zero-order valence-corrected chi connectivity index (χ0v) is 24.8. The first kappa shape index (κ1) is 32.6. The van der Waals surface area contributed by atoms with Gasteiger partial charge in [0, 0.05) is 12.8 Å². The van der Waals surface area contributed by atoms with Crippen LogP contribution < -0.4 is 10.6 Å². The molecule has 9 nitrogen and oxygen atoms in total. The molecule has 2 rings (SSSR count). The van der Waals surface area contributed by atoms with Gasteiger partial charge >= 0.3 is 12.1 Å². The molecule has 40 heavy (non-hydrogen) atoms. The van der Waals surface area contributed by atoms with Crippen molar-refractivity contribution < 1.29 is 32.3 Å². The monoisotopic (exact) mass is 572 g/mol. The molecule has 0 saturated carbocycles. The van der Waals surface area contributed by atoms with Crippen molar-refractivity contribution in [3.8, 4) is 0 Å². The molecule has 2 N–H and O–H groups in total. The second-order valence-electron chi connectivity index (χ2n) is 11.4. The Bertz CT molecular complexity index is 1280. The first-order valence-electron chi connectivity index (χ1n) is 13.0. The molecule has 2 aromatic rings. The third-order valence-electron chi connectivity index (χ3n) is 5.73. The highest BCUT2D eigenvalue weighted by molar-refractivity contribution is 7.96. The lowest BCUT2D eigenvalue weighted by atomic mass is 10.0. The number of alkyl carbamates (subject to hydrolysis) is 1. The van der Waals surface area contributed by atoms with Crippen molar-refractivity contribution >= 4 is 27.8 Å². The molecule has 0 aliphatic heterocycles. The molecule has 2 amide bonds. The van der Waals surface area contributed by atoms with Gasteiger partial charge in [0.05, 0.1) is 9.65 Å². The van der Waals surface area contributed by atoms with E-state index in [0.717, 1.165) is 11.1 Å². The number of ether oxygens (including phenoxy) is 2. The van der Waals surface area contributed by atoms with Crippen molar-refractivity contribution in [1.82, 2.24) is 10.6 Å². The normalized spacial score (nSPS) is 13.4. The number of hydrogen-bond acceptors (Lipinski definition) is 7. The summed E-state index contributed by atoms with van der Waals surface area (Å²) >= 11 is 0. The lowest BCUT2D eigenvalue weighted by Gasteiger charge is -2.26. The molecule has 2 aromatic carbocycles. The number of carbonyl (C=O) groups is 3. The van der Waals surface area contributed by atoms with Crippen LogP contribution in [-0.2, 0) is 41.7 Å². The molecule has 2 atom stereocenters. The van der Waals surface area contributed by atoms with E-state index in [4.69, 9.17) is 9.47 Å². The van der Waals surface area contributed by atoms with Gasteiger partial charge < -0.3 is 20.1 Å². The minimum absolute atomic E-state index is 0.0926. The van der Waals surface area contributed by atoms with Gasteiger partial charge in [0.2, 0.25) is 5.91 Å². The van der Waals surface area contributed by atoms with E-state index in [1.807, 2.05) is 36.4 Å². The quantitative estimate of drug-likeness (QED) is 0.388. The Morgan fingerprint density at radius 3 is 1.73 bits per heavy atom. The standard InChI is InChI=1S/C30H40N2O7S/c1-21(40(36,37)30(5,6)7)20-38-28(35)32-24(18-22-14-10-8-11-15-22)26(33)31-25(27(34)39-29(2,3)4)19-23-16-12-9-13-17-23/h8-17,24-25H,1,18-20H2,2-7H3,(H,31,33)(H,32,35)/t24-,25-/m0/s1. The minimum atomic E-state index is -3.77. The fraction of sp³-hybridized carbons (Fsp3) is 0.433. The van der Waals surface area contributed by atoms with Gasteiger partial charge in [-0.25, -0.2) is 18.0 Å². The van der Waals surface area contributed by atoms with Gasteiger partial charge in [0.1, 0.15) is 24.3 Å². The molecule has 0 unspecified atom stereocenters. The highest BCUT2D eigenvalue weighted by atomic mass is 32.2. The van der Waals surface area contributed by atoms with Crippen LogP contribution in [0.15, 0.2) is 72.1 Å². The summed E-state index contributed by atoms with van der Waals surface area (Å²) < 4.78 is 34.6. The average molecular weight is 573 g/mol. The van der Waals surface area contributed by atoms with Crippen LogP contribution in [0.3, 0.4) is 0 Å². The molecule has 10 heteroatoms. The first-order chi connectivity index (χ1) is 18.5. The molecule has 0 spiro atoms. The zero-order chi connectivity index (χ0) is 30.1. The highest BCUT2D eigenvalue weighted by Crippen LogP contribution is 2.22. The van der Waals surface area contributed by atoms with Crippen molar-refractivity contribution in [3.05, 3.63) is 83.3 Å². The predicted molar refractivity (Wildman–Crippen MR) is 154 cm³/mol. The molecular weight excluding hydrogens is 532 g/mol. The molecule has 0 radical (unpaired) electrons. The Balaban J connectivity index is 2.23. The Morgan fingerprint density at radius 2 is 1.27 bits per heavy atom. The van der Waals surface area contributed by atoms with Crippen LogP contribution in [0.1, 0.15) is 52.7 Å². The molecule has 0 aliphatic carbocycles. The summed E-state index contributed by atoms with van der Waals surface area (Å²) in [5, 5.41) is 5.23. The highest BCUT2D eigenvalue weighted by Gasteiger charge is 2.33. The summed E-state index contributed by atoms with van der Waals surface area (Å²) in [5.41, 5.74) is 0.779. The van der Waals surface area contributed by atoms with Crippen LogP contribution >= 0.6 is 0 Å². The molecule has 0 aromatic heterocycles. The SMILES string of the molecule is C=C(COC(=O)N[C@@H](Cc1ccccc1)C(=O)N[C@@H](Cc1ccccc1)C(=O)OC(C)(C)C)S(=O)(=O)C(C)(C)C. The molecule has 0 fully saturated rings. The predicted octanol–water partition coefficient (Wildman–Crippen LogP) is 4.12. The van der Waals surface area contributed by atoms with E-state index in [-0.39, 0.29) is 17.7 Å². The smallest absolute Gasteiger partial charge is 0.408 e. The molecular formula is C30H40N2O7S. The number of carbonyl (C=O) groups excluding carboxylic acids is 3. The fourth-order valence-electron chi connectivity index (χ4n) is 3.59. The summed E-state index contributed by atoms with van der Waals surface area (Å²) in [7, 11) is -3.77. The van der Waals surface area contributed by atoms with Gasteiger partial charge in [-0.3, -0.25) is 4.79 Å². The van der Waals surface area contributed by atoms with Crippen LogP contribution in [0.5, 0.6) is 0 Å². The van der Waals surface area contributed by atoms with Gasteiger partial charge in [-0.1, -0.05) is 67.2 Å². The summed E-state index contributed by atoms with van der Waals surface area (Å²) in [6.07, 6.45) is -0.734. The Kier molecular flexibility index (Phi) is 11.1. The maximum atomic E-state index is 13.5. The number of amides is 2. The molecule has 0 bridgehead atoms. The first-order valence-corrected chi connectivity index (χ1v) is 14.4. The molecule has 0 saturated heterocycles. The Labute approximate surface area is 237 Å². The number of esters is 1. The summed E-state index contributed by atoms with van der Waals surface area (Å²) in [5.74, 6) is -1.25. The molecule has 0 aliphatic rings. The maximum absolute atomic E-state index is 13.5. The van der Waals surface area contributed by atoms with E-state index in [9.17, 15) is 22.8 Å². The summed E-state index contributed by atoms with van der Waals surface area (Å²) in [4.78, 5) is 38.9. The van der Waals surface area contributed by atoms with E-state index < -0.39 is 56.8 Å². The zero-order valence-electron chi connectivity index (χ0n) is 24.0. The van der Waals surface area contributed by atoms with Gasteiger partial charge in [-0.2, -0.15) is 0 Å². The van der Waals surface area contributed by atoms with Crippen molar-refractivity contribution in [3.63, 3.8) is 0 Å². The second-order valence-corrected chi connectivity index (χ2v) is 14.2. The van der Waals surface area contributed by atoms with E-state index in [1.165, 1.54) is 20.8 Å². The van der Waals surface area contributed by atoms with Gasteiger partial charge in [-0.05, 0) is 52.7 Å². The van der Waals surface area contributed by atoms with Crippen molar-refractivity contribution in [1.29, 1.82) is 0 Å². The van der Waals surface area contributed by atoms with Crippen molar-refractivity contribution in [2.75, 3.05) is 6.61 Å². The van der Waals surface area contributed by atoms with Gasteiger partial charge in [0.25, 0.3) is 0 Å². The van der Waals surface area contributed by atoms with E-state index >= 15 is 0 Å². The second kappa shape index (κ2) is 13.6. The van der Waals surface area contributed by atoms with E-state index in [1.54, 1.807) is 45.0 Å². The van der Waals surface area contributed by atoms with Gasteiger partial charge in [-0.15, -0.1) is 0 Å². The lowest BCUT2D eigenvalue weighted by molar-refractivity contribution is -0.158. The van der Waals surface area contributed by atoms with Crippen LogP contribution in [0.2, 0.25) is 0 Å². The lowest BCUT2D eigenvalue weighted by Crippen LogP contribution is -2.54. The largest absolute Gasteiger partial charge is 0.458 e. The molecule has 0 heterocycles. The third-order valence-corrected chi connectivity index (χ3v) is 8.22. The van der Waals surface area contributed by atoms with Crippen molar-refractivity contribution in [2.24, 2.45) is 0 Å². The number of hydrogen-bond donors (Lipinski definition) is 2. The minimum Gasteiger partial charge on any atom is -0.458 e. The average Bonchev–Trinajstić information content (AvgIpc) is 2.86. The molecule has 218 valence electrons. The van der Waals surface area contributed by atoms with E-state index in [0.29, 0.717) is 0 Å². The maximum Gasteiger partial charge on any atom is 0.408 e. The Morgan fingerprint density at radius 1 is 0.800 bits per heavy atom. The Hall–Kier alpha value is -3.66. The topological polar surface area (TPSA) is 128 Å². The third kappa shape index (κ3) is 10.1. The van der Waals surface area contributed by atoms with Crippen LogP contribution in [0.4, 0.5) is 4.79 Å². The van der Waals surface area contributed by atoms with E-state index in [2.05, 4.69) is 17.2 Å². The van der Waals surface area contributed by atoms with Crippen LogP contribution in [0, 0.1) is 0 Å². The summed E-state index contributed by atoms with van der Waals surface area (Å²) in [6.45, 7) is 12.7.